The van der Waals surface area contributed by atoms with Crippen molar-refractivity contribution in [2.24, 2.45) is 0 Å². The Morgan fingerprint density at radius 1 is 0.821 bits per heavy atom. The molecule has 3 aliphatic carbocycles. The molecule has 0 radical (unpaired) electrons. The van der Waals surface area contributed by atoms with E-state index in [1.165, 1.54) is 0 Å². The Labute approximate surface area is 173 Å². The van der Waals surface area contributed by atoms with Crippen molar-refractivity contribution in [3.05, 3.63) is 64.1 Å². The summed E-state index contributed by atoms with van der Waals surface area (Å²) in [5.74, 6) is 0.437. The van der Waals surface area contributed by atoms with Crippen molar-refractivity contribution in [1.82, 2.24) is 10.6 Å². The lowest BCUT2D eigenvalue weighted by Crippen LogP contribution is -2.84. The Hall–Kier alpha value is -2.24. The molecule has 0 saturated heterocycles. The molecule has 0 aliphatic heterocycles. The molecule has 2 bridgehead atoms. The number of rotatable bonds is 7. The summed E-state index contributed by atoms with van der Waals surface area (Å²) in [4.78, 5) is 24.4. The maximum absolute atomic E-state index is 12.3. The first-order valence-electron chi connectivity index (χ1n) is 9.10. The zero-order valence-electron chi connectivity index (χ0n) is 15.1. The maximum Gasteiger partial charge on any atom is 0.258 e. The number of hydrogen-bond donors (Lipinski definition) is 2. The molecule has 3 fully saturated rings. The fraction of sp³-hybridized carbons (Fsp3) is 0.333. The van der Waals surface area contributed by atoms with Crippen LogP contribution in [0.15, 0.2) is 48.5 Å². The molecule has 5 nitrogen and oxygen atoms in total. The monoisotopic (exact) mass is 418 g/mol. The molecular weight excluding hydrogens is 399 g/mol. The van der Waals surface area contributed by atoms with Crippen LogP contribution in [0.25, 0.3) is 0 Å². The average molecular weight is 419 g/mol. The molecule has 7 heteroatoms. The molecule has 146 valence electrons. The average Bonchev–Trinajstić information content (AvgIpc) is 2.60. The second-order valence-corrected chi connectivity index (χ2v) is 8.61. The summed E-state index contributed by atoms with van der Waals surface area (Å²) in [5, 5.41) is 7.43. The largest absolute Gasteiger partial charge is 0.484 e. The van der Waals surface area contributed by atoms with Crippen LogP contribution in [0.3, 0.4) is 0 Å². The van der Waals surface area contributed by atoms with E-state index in [0.29, 0.717) is 22.2 Å². The highest BCUT2D eigenvalue weighted by molar-refractivity contribution is 6.30. The van der Waals surface area contributed by atoms with E-state index < -0.39 is 0 Å². The highest BCUT2D eigenvalue weighted by Gasteiger charge is 2.69. The minimum absolute atomic E-state index is 0.00646. The fourth-order valence-electron chi connectivity index (χ4n) is 4.19. The molecule has 5 rings (SSSR count). The predicted molar refractivity (Wildman–Crippen MR) is 108 cm³/mol. The molecule has 3 aliphatic rings. The first kappa shape index (κ1) is 19.1. The number of amides is 2. The van der Waals surface area contributed by atoms with E-state index in [4.69, 9.17) is 27.9 Å². The summed E-state index contributed by atoms with van der Waals surface area (Å²) >= 11 is 11.7. The first-order chi connectivity index (χ1) is 13.4. The van der Waals surface area contributed by atoms with Crippen molar-refractivity contribution in [3.8, 4) is 5.75 Å². The summed E-state index contributed by atoms with van der Waals surface area (Å²) in [7, 11) is 0. The second kappa shape index (κ2) is 7.30. The van der Waals surface area contributed by atoms with E-state index in [0.717, 1.165) is 24.8 Å². The Kier molecular flexibility index (Phi) is 4.98. The molecule has 2 aromatic rings. The van der Waals surface area contributed by atoms with Gasteiger partial charge in [0.05, 0.1) is 6.42 Å². The van der Waals surface area contributed by atoms with Crippen molar-refractivity contribution in [2.75, 3.05) is 6.61 Å². The molecule has 0 unspecified atom stereocenters. The highest BCUT2D eigenvalue weighted by Crippen LogP contribution is 2.60. The summed E-state index contributed by atoms with van der Waals surface area (Å²) in [6, 6.07) is 14.1. The molecule has 0 heterocycles. The lowest BCUT2D eigenvalue weighted by molar-refractivity contribution is -0.150. The Morgan fingerprint density at radius 2 is 1.32 bits per heavy atom. The van der Waals surface area contributed by atoms with Crippen LogP contribution in [0, 0.1) is 0 Å². The summed E-state index contributed by atoms with van der Waals surface area (Å²) < 4.78 is 5.47. The lowest BCUT2D eigenvalue weighted by atomic mass is 9.44. The molecule has 2 aromatic carbocycles. The summed E-state index contributed by atoms with van der Waals surface area (Å²) in [6.45, 7) is -0.0424. The van der Waals surface area contributed by atoms with Crippen molar-refractivity contribution in [2.45, 2.75) is 36.8 Å². The summed E-state index contributed by atoms with van der Waals surface area (Å²) in [6.07, 6.45) is 2.62. The Morgan fingerprint density at radius 3 is 1.89 bits per heavy atom. The van der Waals surface area contributed by atoms with E-state index >= 15 is 0 Å². The van der Waals surface area contributed by atoms with Crippen molar-refractivity contribution >= 4 is 35.0 Å². The van der Waals surface area contributed by atoms with Crippen LogP contribution in [0.5, 0.6) is 5.75 Å². The van der Waals surface area contributed by atoms with Gasteiger partial charge >= 0.3 is 0 Å². The Bertz CT molecular complexity index is 877. The smallest absolute Gasteiger partial charge is 0.258 e. The third-order valence-electron chi connectivity index (χ3n) is 5.30. The van der Waals surface area contributed by atoms with E-state index in [-0.39, 0.29) is 29.5 Å². The van der Waals surface area contributed by atoms with Gasteiger partial charge in [-0.2, -0.15) is 0 Å². The van der Waals surface area contributed by atoms with Crippen LogP contribution in [-0.2, 0) is 16.0 Å². The normalized spacial score (nSPS) is 24.5. The van der Waals surface area contributed by atoms with Gasteiger partial charge in [-0.1, -0.05) is 35.3 Å². The number of ether oxygens (including phenoxy) is 1. The van der Waals surface area contributed by atoms with E-state index in [2.05, 4.69) is 10.6 Å². The SMILES string of the molecule is O=C(COc1ccc(Cl)cc1)NC12CC(NC(=O)Cc3ccc(Cl)cc3)(C1)C2. The predicted octanol–water partition coefficient (Wildman–Crippen LogP) is 3.52. The van der Waals surface area contributed by atoms with Crippen LogP contribution in [0.4, 0.5) is 0 Å². The van der Waals surface area contributed by atoms with Crippen molar-refractivity contribution < 1.29 is 14.3 Å². The fourth-order valence-corrected chi connectivity index (χ4v) is 4.44. The van der Waals surface area contributed by atoms with Gasteiger partial charge in [0.25, 0.3) is 5.91 Å². The minimum Gasteiger partial charge on any atom is -0.484 e. The van der Waals surface area contributed by atoms with Crippen LogP contribution in [0.2, 0.25) is 10.0 Å². The third kappa shape index (κ3) is 4.10. The summed E-state index contributed by atoms with van der Waals surface area (Å²) in [5.41, 5.74) is 0.554. The van der Waals surface area contributed by atoms with Gasteiger partial charge in [-0.3, -0.25) is 9.59 Å². The molecule has 2 amide bonds. The van der Waals surface area contributed by atoms with Gasteiger partial charge in [0.2, 0.25) is 5.91 Å². The third-order valence-corrected chi connectivity index (χ3v) is 5.80. The van der Waals surface area contributed by atoms with Gasteiger partial charge in [0.1, 0.15) is 5.75 Å². The highest BCUT2D eigenvalue weighted by atomic mass is 35.5. The molecule has 2 N–H and O–H groups in total. The maximum atomic E-state index is 12.3. The topological polar surface area (TPSA) is 67.4 Å². The number of carbonyl (C=O) groups excluding carboxylic acids is 2. The molecule has 0 aromatic heterocycles. The van der Waals surface area contributed by atoms with Crippen LogP contribution in [-0.4, -0.2) is 29.5 Å². The number of carbonyl (C=O) groups is 2. The number of halogens is 2. The number of nitrogens with one attached hydrogen (secondary N) is 2. The number of hydrogen-bond acceptors (Lipinski definition) is 3. The van der Waals surface area contributed by atoms with Gasteiger partial charge in [-0.25, -0.2) is 0 Å². The van der Waals surface area contributed by atoms with Gasteiger partial charge in [0.15, 0.2) is 6.61 Å². The molecule has 3 saturated carbocycles. The molecule has 0 spiro atoms. The van der Waals surface area contributed by atoms with E-state index in [9.17, 15) is 9.59 Å². The van der Waals surface area contributed by atoms with Crippen LogP contribution < -0.4 is 15.4 Å². The van der Waals surface area contributed by atoms with Gasteiger partial charge in [0, 0.05) is 21.1 Å². The first-order valence-corrected chi connectivity index (χ1v) is 9.86. The number of benzene rings is 2. The van der Waals surface area contributed by atoms with E-state index in [1.54, 1.807) is 36.4 Å². The van der Waals surface area contributed by atoms with Gasteiger partial charge < -0.3 is 15.4 Å². The molecule has 0 atom stereocenters. The second-order valence-electron chi connectivity index (χ2n) is 7.73. The lowest BCUT2D eigenvalue weighted by Gasteiger charge is -2.70. The Balaban J connectivity index is 1.19. The van der Waals surface area contributed by atoms with Crippen LogP contribution >= 0.6 is 23.2 Å². The van der Waals surface area contributed by atoms with Gasteiger partial charge in [-0.05, 0) is 61.2 Å². The van der Waals surface area contributed by atoms with Crippen LogP contribution in [0.1, 0.15) is 24.8 Å². The van der Waals surface area contributed by atoms with Crippen molar-refractivity contribution in [3.63, 3.8) is 0 Å². The zero-order chi connectivity index (χ0) is 19.8. The van der Waals surface area contributed by atoms with E-state index in [1.807, 2.05) is 12.1 Å². The molecular formula is C21H20Cl2N2O3. The van der Waals surface area contributed by atoms with Crippen molar-refractivity contribution in [1.29, 1.82) is 0 Å². The zero-order valence-corrected chi connectivity index (χ0v) is 16.6. The molecule has 28 heavy (non-hydrogen) atoms. The minimum atomic E-state index is -0.200. The standard InChI is InChI=1S/C21H20Cl2N2O3/c22-15-3-1-14(2-4-15)9-18(26)24-20-11-21(12-20,13-20)25-19(27)10-28-17-7-5-16(23)6-8-17/h1-8H,9-13H2,(H,24,26)(H,25,27). The quantitative estimate of drug-likeness (QED) is 0.722. The van der Waals surface area contributed by atoms with Gasteiger partial charge in [-0.15, -0.1) is 0 Å².